The van der Waals surface area contributed by atoms with Crippen LogP contribution >= 0.6 is 0 Å². The van der Waals surface area contributed by atoms with E-state index in [1.807, 2.05) is 41.8 Å². The van der Waals surface area contributed by atoms with Crippen LogP contribution in [0.1, 0.15) is 52.9 Å². The summed E-state index contributed by atoms with van der Waals surface area (Å²) in [4.78, 5) is 16.5. The summed E-state index contributed by atoms with van der Waals surface area (Å²) in [6.07, 6.45) is 3.16. The van der Waals surface area contributed by atoms with Crippen molar-refractivity contribution < 1.29 is 4.79 Å². The summed E-state index contributed by atoms with van der Waals surface area (Å²) in [5, 5.41) is 4.83. The molecule has 6 heteroatoms. The maximum Gasteiger partial charge on any atom is 0.249 e. The van der Waals surface area contributed by atoms with Gasteiger partial charge in [-0.05, 0) is 43.0 Å². The number of aryl methyl sites for hydroxylation is 3. The molecule has 0 aliphatic carbocycles. The van der Waals surface area contributed by atoms with Crippen LogP contribution in [0.5, 0.6) is 0 Å². The topological polar surface area (TPSA) is 78.2 Å². The zero-order valence-electron chi connectivity index (χ0n) is 17.7. The fourth-order valence-electron chi connectivity index (χ4n) is 3.76. The standard InChI is InChI=1S/C24H27N5O/c1-4-5-10-22-27-29-17(3)16(2)26-24(29)28(22)15-18-11-13-19(14-12-18)20-8-6-7-9-21(20)23(25)30/h6-9,11-14H,4-5,10,15H2,1-3H3,(H2,25,30). The number of nitrogens with two attached hydrogens (primary N) is 1. The second-order valence-electron chi connectivity index (χ2n) is 7.71. The molecule has 0 saturated heterocycles. The molecular formula is C24H27N5O. The molecule has 0 atom stereocenters. The van der Waals surface area contributed by atoms with Gasteiger partial charge in [-0.2, -0.15) is 5.10 Å². The predicted octanol–water partition coefficient (Wildman–Crippen LogP) is 4.30. The second-order valence-corrected chi connectivity index (χ2v) is 7.71. The number of carbonyl (C=O) groups excluding carboxylic acids is 1. The van der Waals surface area contributed by atoms with Gasteiger partial charge in [-0.15, -0.1) is 0 Å². The number of aromatic nitrogens is 4. The third kappa shape index (κ3) is 3.61. The average Bonchev–Trinajstić information content (AvgIpc) is 3.22. The highest BCUT2D eigenvalue weighted by Gasteiger charge is 2.16. The van der Waals surface area contributed by atoms with Crippen LogP contribution in [-0.2, 0) is 13.0 Å². The zero-order valence-corrected chi connectivity index (χ0v) is 17.7. The number of hydrogen-bond acceptors (Lipinski definition) is 3. The van der Waals surface area contributed by atoms with Gasteiger partial charge in [-0.25, -0.2) is 9.50 Å². The number of nitrogens with zero attached hydrogens (tertiary/aromatic N) is 4. The number of primary amides is 1. The van der Waals surface area contributed by atoms with Crippen molar-refractivity contribution >= 4 is 11.7 Å². The molecule has 2 heterocycles. The summed E-state index contributed by atoms with van der Waals surface area (Å²) in [7, 11) is 0. The predicted molar refractivity (Wildman–Crippen MR) is 119 cm³/mol. The van der Waals surface area contributed by atoms with Crippen molar-refractivity contribution in [3.8, 4) is 11.1 Å². The molecule has 2 aromatic heterocycles. The van der Waals surface area contributed by atoms with E-state index in [-0.39, 0.29) is 0 Å². The van der Waals surface area contributed by atoms with Crippen LogP contribution in [0, 0.1) is 13.8 Å². The van der Waals surface area contributed by atoms with Gasteiger partial charge in [0, 0.05) is 12.0 Å². The van der Waals surface area contributed by atoms with Crippen molar-refractivity contribution in [2.24, 2.45) is 5.73 Å². The Morgan fingerprint density at radius 1 is 1.07 bits per heavy atom. The first kappa shape index (κ1) is 19.9. The van der Waals surface area contributed by atoms with E-state index in [0.29, 0.717) is 12.1 Å². The van der Waals surface area contributed by atoms with E-state index in [2.05, 4.69) is 30.5 Å². The van der Waals surface area contributed by atoms with Crippen molar-refractivity contribution in [1.29, 1.82) is 0 Å². The quantitative estimate of drug-likeness (QED) is 0.501. The van der Waals surface area contributed by atoms with Crippen LogP contribution in [0.2, 0.25) is 0 Å². The van der Waals surface area contributed by atoms with E-state index in [1.165, 1.54) is 0 Å². The number of unbranched alkanes of at least 4 members (excludes halogenated alkanes) is 1. The maximum absolute atomic E-state index is 11.8. The molecule has 0 spiro atoms. The zero-order chi connectivity index (χ0) is 21.3. The molecule has 0 aliphatic rings. The van der Waals surface area contributed by atoms with Crippen LogP contribution in [0.4, 0.5) is 0 Å². The summed E-state index contributed by atoms with van der Waals surface area (Å²) in [6.45, 7) is 6.97. The Morgan fingerprint density at radius 2 is 1.80 bits per heavy atom. The Hall–Kier alpha value is -3.41. The summed E-state index contributed by atoms with van der Waals surface area (Å²) in [6, 6.07) is 15.7. The molecule has 0 saturated carbocycles. The van der Waals surface area contributed by atoms with Gasteiger partial charge < -0.3 is 5.73 Å². The largest absolute Gasteiger partial charge is 0.366 e. The molecule has 0 bridgehead atoms. The van der Waals surface area contributed by atoms with E-state index in [4.69, 9.17) is 15.8 Å². The highest BCUT2D eigenvalue weighted by molar-refractivity contribution is 5.99. The Balaban J connectivity index is 1.68. The molecule has 0 fully saturated rings. The van der Waals surface area contributed by atoms with E-state index < -0.39 is 5.91 Å². The lowest BCUT2D eigenvalue weighted by Crippen LogP contribution is -2.12. The first-order valence-electron chi connectivity index (χ1n) is 10.4. The van der Waals surface area contributed by atoms with E-state index in [9.17, 15) is 4.79 Å². The van der Waals surface area contributed by atoms with Crippen LogP contribution in [0.15, 0.2) is 48.5 Å². The van der Waals surface area contributed by atoms with E-state index in [1.54, 1.807) is 6.07 Å². The molecule has 30 heavy (non-hydrogen) atoms. The Bertz CT molecular complexity index is 1200. The number of benzene rings is 2. The molecule has 1 amide bonds. The molecule has 0 aliphatic heterocycles. The Kier molecular flexibility index (Phi) is 5.40. The molecule has 2 aromatic carbocycles. The molecule has 4 aromatic rings. The molecular weight excluding hydrogens is 374 g/mol. The van der Waals surface area contributed by atoms with Crippen LogP contribution in [0.25, 0.3) is 16.9 Å². The maximum atomic E-state index is 11.8. The van der Waals surface area contributed by atoms with Crippen LogP contribution in [-0.4, -0.2) is 25.1 Å². The second kappa shape index (κ2) is 8.14. The van der Waals surface area contributed by atoms with Crippen molar-refractivity contribution in [3.05, 3.63) is 76.9 Å². The number of rotatable bonds is 7. The van der Waals surface area contributed by atoms with Crippen LogP contribution < -0.4 is 5.73 Å². The Labute approximate surface area is 176 Å². The normalized spacial score (nSPS) is 11.3. The minimum absolute atomic E-state index is 0.416. The number of hydrogen-bond donors (Lipinski definition) is 1. The average molecular weight is 402 g/mol. The Morgan fingerprint density at radius 3 is 2.50 bits per heavy atom. The van der Waals surface area contributed by atoms with Gasteiger partial charge in [-0.1, -0.05) is 55.8 Å². The lowest BCUT2D eigenvalue weighted by atomic mass is 9.98. The van der Waals surface area contributed by atoms with Crippen molar-refractivity contribution in [2.75, 3.05) is 0 Å². The number of amides is 1. The first-order chi connectivity index (χ1) is 14.5. The van der Waals surface area contributed by atoms with Crippen molar-refractivity contribution in [1.82, 2.24) is 19.2 Å². The summed E-state index contributed by atoms with van der Waals surface area (Å²) in [5.41, 5.74) is 11.1. The highest BCUT2D eigenvalue weighted by Crippen LogP contribution is 2.24. The van der Waals surface area contributed by atoms with Crippen molar-refractivity contribution in [3.63, 3.8) is 0 Å². The summed E-state index contributed by atoms with van der Waals surface area (Å²) in [5.74, 6) is 1.53. The molecule has 0 unspecified atom stereocenters. The molecule has 4 rings (SSSR count). The molecule has 6 nitrogen and oxygen atoms in total. The van der Waals surface area contributed by atoms with Gasteiger partial charge in [0.2, 0.25) is 11.7 Å². The van der Waals surface area contributed by atoms with Gasteiger partial charge in [0.15, 0.2) is 0 Å². The van der Waals surface area contributed by atoms with Gasteiger partial charge in [0.1, 0.15) is 5.82 Å². The number of fused-ring (bicyclic) bond motifs is 1. The lowest BCUT2D eigenvalue weighted by Gasteiger charge is -2.10. The molecule has 0 radical (unpaired) electrons. The summed E-state index contributed by atoms with van der Waals surface area (Å²) >= 11 is 0. The molecule has 154 valence electrons. The third-order valence-electron chi connectivity index (χ3n) is 5.62. The number of carbonyl (C=O) groups is 1. The monoisotopic (exact) mass is 401 g/mol. The van der Waals surface area contributed by atoms with Crippen LogP contribution in [0.3, 0.4) is 0 Å². The SMILES string of the molecule is CCCCc1nn2c(C)c(C)nc2n1Cc1ccc(-c2ccccc2C(N)=O)cc1. The van der Waals surface area contributed by atoms with Gasteiger partial charge in [-0.3, -0.25) is 9.36 Å². The molecule has 2 N–H and O–H groups in total. The smallest absolute Gasteiger partial charge is 0.249 e. The van der Waals surface area contributed by atoms with Gasteiger partial charge in [0.05, 0.1) is 17.9 Å². The van der Waals surface area contributed by atoms with Gasteiger partial charge in [0.25, 0.3) is 0 Å². The highest BCUT2D eigenvalue weighted by atomic mass is 16.1. The van der Waals surface area contributed by atoms with E-state index in [0.717, 1.165) is 58.9 Å². The lowest BCUT2D eigenvalue weighted by molar-refractivity contribution is 0.100. The first-order valence-corrected chi connectivity index (χ1v) is 10.4. The van der Waals surface area contributed by atoms with Crippen molar-refractivity contribution in [2.45, 2.75) is 46.6 Å². The minimum atomic E-state index is -0.416. The fourth-order valence-corrected chi connectivity index (χ4v) is 3.76. The fraction of sp³-hybridized carbons (Fsp3) is 0.292. The van der Waals surface area contributed by atoms with Gasteiger partial charge >= 0.3 is 0 Å². The third-order valence-corrected chi connectivity index (χ3v) is 5.62. The minimum Gasteiger partial charge on any atom is -0.366 e. The van der Waals surface area contributed by atoms with E-state index >= 15 is 0 Å². The summed E-state index contributed by atoms with van der Waals surface area (Å²) < 4.78 is 4.17. The number of imidazole rings is 1.